The van der Waals surface area contributed by atoms with Crippen LogP contribution in [0.3, 0.4) is 0 Å². The Morgan fingerprint density at radius 2 is 2.57 bits per heavy atom. The molecule has 0 radical (unpaired) electrons. The van der Waals surface area contributed by atoms with Gasteiger partial charge in [0.05, 0.1) is 10.6 Å². The average Bonchev–Trinajstić information content (AvgIpc) is 2.69. The zero-order valence-electron chi connectivity index (χ0n) is 7.65. The standard InChI is InChI=1S/C9H11BrN2OS/c10-8-4-11-6-12-9(8)14-5-7-2-1-3-13-7/h4,6-7H,1-3,5H2. The number of nitrogens with zero attached hydrogens (tertiary/aromatic N) is 2. The minimum absolute atomic E-state index is 0.405. The Hall–Kier alpha value is -0.130. The lowest BCUT2D eigenvalue weighted by atomic mass is 10.3. The summed E-state index contributed by atoms with van der Waals surface area (Å²) < 4.78 is 6.50. The molecule has 1 aliphatic rings. The van der Waals surface area contributed by atoms with Crippen molar-refractivity contribution in [2.75, 3.05) is 12.4 Å². The van der Waals surface area contributed by atoms with E-state index >= 15 is 0 Å². The second kappa shape index (κ2) is 5.09. The molecule has 1 aliphatic heterocycles. The molecule has 0 aromatic carbocycles. The van der Waals surface area contributed by atoms with Crippen molar-refractivity contribution in [1.82, 2.24) is 9.97 Å². The van der Waals surface area contributed by atoms with Gasteiger partial charge in [-0.2, -0.15) is 0 Å². The van der Waals surface area contributed by atoms with Gasteiger partial charge in [-0.25, -0.2) is 9.97 Å². The lowest BCUT2D eigenvalue weighted by Crippen LogP contribution is -2.08. The Kier molecular flexibility index (Phi) is 3.78. The van der Waals surface area contributed by atoms with Crippen LogP contribution in [-0.4, -0.2) is 28.4 Å². The molecule has 0 amide bonds. The highest BCUT2D eigenvalue weighted by Gasteiger charge is 2.16. The molecule has 1 atom stereocenters. The summed E-state index contributed by atoms with van der Waals surface area (Å²) in [7, 11) is 0. The highest BCUT2D eigenvalue weighted by Crippen LogP contribution is 2.27. The van der Waals surface area contributed by atoms with Crippen LogP contribution in [0.25, 0.3) is 0 Å². The lowest BCUT2D eigenvalue weighted by Gasteiger charge is -2.08. The average molecular weight is 275 g/mol. The van der Waals surface area contributed by atoms with Crippen LogP contribution in [0, 0.1) is 0 Å². The van der Waals surface area contributed by atoms with Gasteiger partial charge in [0.25, 0.3) is 0 Å². The van der Waals surface area contributed by atoms with Crippen LogP contribution in [0.4, 0.5) is 0 Å². The molecule has 76 valence electrons. The maximum Gasteiger partial charge on any atom is 0.116 e. The van der Waals surface area contributed by atoms with Crippen molar-refractivity contribution < 1.29 is 4.74 Å². The molecule has 2 heterocycles. The molecule has 0 aliphatic carbocycles. The van der Waals surface area contributed by atoms with Gasteiger partial charge in [0.1, 0.15) is 11.4 Å². The summed E-state index contributed by atoms with van der Waals surface area (Å²) in [4.78, 5) is 8.11. The molecule has 0 saturated carbocycles. The second-order valence-electron chi connectivity index (χ2n) is 3.12. The van der Waals surface area contributed by atoms with Crippen molar-refractivity contribution in [3.63, 3.8) is 0 Å². The third kappa shape index (κ3) is 2.68. The zero-order chi connectivity index (χ0) is 9.80. The van der Waals surface area contributed by atoms with Crippen molar-refractivity contribution in [2.24, 2.45) is 0 Å². The van der Waals surface area contributed by atoms with Crippen LogP contribution in [0.15, 0.2) is 22.0 Å². The minimum atomic E-state index is 0.405. The molecule has 0 bridgehead atoms. The maximum absolute atomic E-state index is 5.53. The van der Waals surface area contributed by atoms with Gasteiger partial charge in [-0.1, -0.05) is 0 Å². The van der Waals surface area contributed by atoms with E-state index in [2.05, 4.69) is 25.9 Å². The molecule has 5 heteroatoms. The lowest BCUT2D eigenvalue weighted by molar-refractivity contribution is 0.129. The van der Waals surface area contributed by atoms with E-state index in [0.29, 0.717) is 6.10 Å². The molecule has 1 saturated heterocycles. The van der Waals surface area contributed by atoms with Gasteiger partial charge in [0, 0.05) is 18.6 Å². The molecule has 0 spiro atoms. The number of hydrogen-bond acceptors (Lipinski definition) is 4. The van der Waals surface area contributed by atoms with Crippen LogP contribution in [0.1, 0.15) is 12.8 Å². The van der Waals surface area contributed by atoms with Crippen LogP contribution >= 0.6 is 27.7 Å². The topological polar surface area (TPSA) is 35.0 Å². The summed E-state index contributed by atoms with van der Waals surface area (Å²) in [6.07, 6.45) is 6.11. The van der Waals surface area contributed by atoms with Gasteiger partial charge in [0.15, 0.2) is 0 Å². The first-order valence-electron chi connectivity index (χ1n) is 4.56. The number of thioether (sulfide) groups is 1. The number of rotatable bonds is 3. The second-order valence-corrected chi connectivity index (χ2v) is 4.98. The van der Waals surface area contributed by atoms with Gasteiger partial charge in [-0.15, -0.1) is 11.8 Å². The Labute approximate surface area is 95.8 Å². The van der Waals surface area contributed by atoms with Gasteiger partial charge in [-0.05, 0) is 28.8 Å². The number of halogens is 1. The van der Waals surface area contributed by atoms with E-state index in [1.54, 1.807) is 24.3 Å². The van der Waals surface area contributed by atoms with Crippen molar-refractivity contribution in [1.29, 1.82) is 0 Å². The summed E-state index contributed by atoms with van der Waals surface area (Å²) in [5.74, 6) is 0.982. The fourth-order valence-electron chi connectivity index (χ4n) is 1.36. The van der Waals surface area contributed by atoms with Gasteiger partial charge < -0.3 is 4.74 Å². The van der Waals surface area contributed by atoms with Crippen LogP contribution in [0.2, 0.25) is 0 Å². The van der Waals surface area contributed by atoms with Gasteiger partial charge in [0.2, 0.25) is 0 Å². The summed E-state index contributed by atoms with van der Waals surface area (Å²) >= 11 is 5.14. The summed E-state index contributed by atoms with van der Waals surface area (Å²) in [5, 5.41) is 0.996. The smallest absolute Gasteiger partial charge is 0.116 e. The number of aromatic nitrogens is 2. The first-order valence-corrected chi connectivity index (χ1v) is 6.34. The molecule has 0 N–H and O–H groups in total. The highest BCUT2D eigenvalue weighted by molar-refractivity contribution is 9.10. The number of hydrogen-bond donors (Lipinski definition) is 0. The Bertz CT molecular complexity index is 305. The molecule has 1 unspecified atom stereocenters. The third-order valence-electron chi connectivity index (χ3n) is 2.06. The zero-order valence-corrected chi connectivity index (χ0v) is 10.1. The summed E-state index contributed by atoms with van der Waals surface area (Å²) in [6, 6.07) is 0. The first kappa shape index (κ1) is 10.4. The van der Waals surface area contributed by atoms with Crippen LogP contribution < -0.4 is 0 Å². The molecule has 1 aromatic heterocycles. The summed E-state index contributed by atoms with van der Waals surface area (Å²) in [5.41, 5.74) is 0. The predicted molar refractivity (Wildman–Crippen MR) is 59.4 cm³/mol. The van der Waals surface area contributed by atoms with Gasteiger partial charge >= 0.3 is 0 Å². The molecular formula is C9H11BrN2OS. The molecule has 1 fully saturated rings. The summed E-state index contributed by atoms with van der Waals surface area (Å²) in [6.45, 7) is 0.913. The Morgan fingerprint density at radius 1 is 1.64 bits per heavy atom. The minimum Gasteiger partial charge on any atom is -0.377 e. The van der Waals surface area contributed by atoms with E-state index in [4.69, 9.17) is 4.74 Å². The maximum atomic E-state index is 5.53. The molecule has 3 nitrogen and oxygen atoms in total. The monoisotopic (exact) mass is 274 g/mol. The van der Waals surface area contributed by atoms with E-state index in [1.165, 1.54) is 12.8 Å². The van der Waals surface area contributed by atoms with Crippen LogP contribution in [-0.2, 0) is 4.74 Å². The Balaban J connectivity index is 1.88. The largest absolute Gasteiger partial charge is 0.377 e. The molecular weight excluding hydrogens is 264 g/mol. The quantitative estimate of drug-likeness (QED) is 0.627. The fraction of sp³-hybridized carbons (Fsp3) is 0.556. The van der Waals surface area contributed by atoms with E-state index in [0.717, 1.165) is 21.9 Å². The van der Waals surface area contributed by atoms with Crippen molar-refractivity contribution in [3.05, 3.63) is 17.0 Å². The molecule has 14 heavy (non-hydrogen) atoms. The van der Waals surface area contributed by atoms with E-state index < -0.39 is 0 Å². The third-order valence-corrected chi connectivity index (χ3v) is 4.04. The normalized spacial score (nSPS) is 21.4. The van der Waals surface area contributed by atoms with Crippen molar-refractivity contribution >= 4 is 27.7 Å². The van der Waals surface area contributed by atoms with E-state index in [9.17, 15) is 0 Å². The van der Waals surface area contributed by atoms with E-state index in [-0.39, 0.29) is 0 Å². The molecule has 1 aromatic rings. The predicted octanol–water partition coefficient (Wildman–Crippen LogP) is 2.51. The van der Waals surface area contributed by atoms with Gasteiger partial charge in [-0.3, -0.25) is 0 Å². The molecule has 2 rings (SSSR count). The first-order chi connectivity index (χ1) is 6.86. The fourth-order valence-corrected chi connectivity index (χ4v) is 2.84. The Morgan fingerprint density at radius 3 is 3.29 bits per heavy atom. The highest BCUT2D eigenvalue weighted by atomic mass is 79.9. The van der Waals surface area contributed by atoms with Crippen molar-refractivity contribution in [2.45, 2.75) is 24.0 Å². The van der Waals surface area contributed by atoms with E-state index in [1.807, 2.05) is 0 Å². The SMILES string of the molecule is Brc1cncnc1SCC1CCCO1. The van der Waals surface area contributed by atoms with Crippen molar-refractivity contribution in [3.8, 4) is 0 Å². The van der Waals surface area contributed by atoms with Crippen LogP contribution in [0.5, 0.6) is 0 Å². The number of ether oxygens (including phenoxy) is 1.